The molecule has 4 atom stereocenters. The first kappa shape index (κ1) is 27.8. The van der Waals surface area contributed by atoms with Crippen molar-refractivity contribution in [1.82, 2.24) is 31.0 Å². The van der Waals surface area contributed by atoms with Gasteiger partial charge < -0.3 is 20.5 Å². The average Bonchev–Trinajstić information content (AvgIpc) is 3.41. The SMILES string of the molecule is O=C(NC1CCC(F)(F)CC1C(=O)N1CCc2c(-c3ncc[nH]3)nc3ccccc3c21)c1ccc(N2C=CC(C3CN3)N2)cc1. The summed E-state index contributed by atoms with van der Waals surface area (Å²) in [5.41, 5.74) is 7.53. The number of anilines is 2. The zero-order chi connectivity index (χ0) is 30.7. The Balaban J connectivity index is 1.05. The topological polar surface area (TPSA) is 128 Å². The minimum Gasteiger partial charge on any atom is -0.348 e. The maximum Gasteiger partial charge on any atom is 0.251 e. The molecule has 2 fully saturated rings. The molecule has 5 heterocycles. The van der Waals surface area contributed by atoms with Crippen LogP contribution in [0.15, 0.2) is 73.2 Å². The highest BCUT2D eigenvalue weighted by Gasteiger charge is 2.47. The highest BCUT2D eigenvalue weighted by molar-refractivity contribution is 6.08. The quantitative estimate of drug-likeness (QED) is 0.244. The van der Waals surface area contributed by atoms with Gasteiger partial charge in [-0.3, -0.25) is 14.6 Å². The Hall–Kier alpha value is -4.68. The molecule has 10 nitrogen and oxygen atoms in total. The number of nitrogens with zero attached hydrogens (tertiary/aromatic N) is 4. The largest absolute Gasteiger partial charge is 0.348 e. The van der Waals surface area contributed by atoms with Crippen LogP contribution >= 0.6 is 0 Å². The number of hydrogen-bond acceptors (Lipinski definition) is 7. The minimum absolute atomic E-state index is 0.00173. The van der Waals surface area contributed by atoms with Crippen LogP contribution in [0.1, 0.15) is 35.2 Å². The van der Waals surface area contributed by atoms with Gasteiger partial charge in [-0.15, -0.1) is 0 Å². The number of pyridine rings is 1. The minimum atomic E-state index is -3.00. The van der Waals surface area contributed by atoms with Gasteiger partial charge in [-0.1, -0.05) is 18.2 Å². The van der Waals surface area contributed by atoms with Crippen LogP contribution in [0, 0.1) is 5.92 Å². The smallest absolute Gasteiger partial charge is 0.251 e. The fourth-order valence-electron chi connectivity index (χ4n) is 6.85. The number of carbonyl (C=O) groups excluding carboxylic acids is 2. The summed E-state index contributed by atoms with van der Waals surface area (Å²) in [5.74, 6) is -4.31. The molecule has 4 N–H and O–H groups in total. The van der Waals surface area contributed by atoms with Crippen molar-refractivity contribution in [1.29, 1.82) is 0 Å². The number of fused-ring (bicyclic) bond motifs is 3. The Labute approximate surface area is 257 Å². The molecule has 0 bridgehead atoms. The van der Waals surface area contributed by atoms with Crippen LogP contribution in [0.4, 0.5) is 20.2 Å². The molecule has 4 aromatic rings. The molecule has 0 spiro atoms. The van der Waals surface area contributed by atoms with Gasteiger partial charge in [0, 0.05) is 73.1 Å². The molecule has 2 amide bonds. The van der Waals surface area contributed by atoms with Crippen LogP contribution in [0.5, 0.6) is 0 Å². The van der Waals surface area contributed by atoms with E-state index in [1.807, 2.05) is 47.6 Å². The second kappa shape index (κ2) is 10.7. The first-order valence-corrected chi connectivity index (χ1v) is 15.3. The first-order chi connectivity index (χ1) is 21.8. The van der Waals surface area contributed by atoms with Crippen molar-refractivity contribution >= 4 is 34.1 Å². The fraction of sp³-hybridized carbons (Fsp3) is 0.333. The van der Waals surface area contributed by atoms with Crippen molar-refractivity contribution in [2.45, 2.75) is 49.7 Å². The van der Waals surface area contributed by atoms with Gasteiger partial charge in [-0.25, -0.2) is 24.2 Å². The lowest BCUT2D eigenvalue weighted by Gasteiger charge is -2.37. The van der Waals surface area contributed by atoms with Crippen molar-refractivity contribution in [2.75, 3.05) is 23.0 Å². The molecule has 230 valence electrons. The van der Waals surface area contributed by atoms with E-state index in [4.69, 9.17) is 4.98 Å². The molecule has 1 saturated carbocycles. The summed E-state index contributed by atoms with van der Waals surface area (Å²) in [6.45, 7) is 1.31. The molecule has 0 radical (unpaired) electrons. The molecule has 2 aromatic heterocycles. The predicted octanol–water partition coefficient (Wildman–Crippen LogP) is 3.93. The number of nitrogens with one attached hydrogen (secondary N) is 4. The number of benzene rings is 2. The van der Waals surface area contributed by atoms with Gasteiger partial charge in [0.15, 0.2) is 5.82 Å². The summed E-state index contributed by atoms with van der Waals surface area (Å²) in [7, 11) is 0. The number of aromatic nitrogens is 3. The van der Waals surface area contributed by atoms with Crippen molar-refractivity contribution in [3.8, 4) is 11.5 Å². The lowest BCUT2D eigenvalue weighted by atomic mass is 9.81. The molecule has 1 saturated heterocycles. The Kier molecular flexibility index (Phi) is 6.64. The van der Waals surface area contributed by atoms with Crippen LogP contribution < -0.4 is 26.0 Å². The highest BCUT2D eigenvalue weighted by Crippen LogP contribution is 2.43. The third kappa shape index (κ3) is 5.13. The fourth-order valence-corrected chi connectivity index (χ4v) is 6.85. The van der Waals surface area contributed by atoms with E-state index in [9.17, 15) is 18.4 Å². The summed E-state index contributed by atoms with van der Waals surface area (Å²) in [4.78, 5) is 41.6. The second-order valence-electron chi connectivity index (χ2n) is 12.2. The van der Waals surface area contributed by atoms with Gasteiger partial charge in [-0.2, -0.15) is 0 Å². The van der Waals surface area contributed by atoms with E-state index in [0.717, 1.165) is 23.2 Å². The number of amides is 2. The maximum absolute atomic E-state index is 14.9. The van der Waals surface area contributed by atoms with Crippen LogP contribution in [0.25, 0.3) is 22.4 Å². The Morgan fingerprint density at radius 2 is 1.91 bits per heavy atom. The van der Waals surface area contributed by atoms with Crippen molar-refractivity contribution < 1.29 is 18.4 Å². The van der Waals surface area contributed by atoms with Gasteiger partial charge >= 0.3 is 0 Å². The third-order valence-corrected chi connectivity index (χ3v) is 9.28. The summed E-state index contributed by atoms with van der Waals surface area (Å²) in [6.07, 6.45) is 6.91. The number of alkyl halides is 2. The average molecular weight is 611 g/mol. The molecule has 3 aliphatic heterocycles. The Morgan fingerprint density at radius 1 is 1.09 bits per heavy atom. The molecular weight excluding hydrogens is 578 g/mol. The lowest BCUT2D eigenvalue weighted by Crippen LogP contribution is -2.52. The number of aromatic amines is 1. The van der Waals surface area contributed by atoms with Gasteiger partial charge in [0.05, 0.1) is 28.9 Å². The maximum atomic E-state index is 14.9. The normalized spacial score (nSPS) is 25.0. The molecular formula is C33H32F2N8O2. The van der Waals surface area contributed by atoms with E-state index in [0.29, 0.717) is 47.3 Å². The summed E-state index contributed by atoms with van der Waals surface area (Å²) < 4.78 is 29.8. The van der Waals surface area contributed by atoms with E-state index in [1.165, 1.54) is 0 Å². The third-order valence-electron chi connectivity index (χ3n) is 9.28. The number of hydrazine groups is 1. The van der Waals surface area contributed by atoms with Gasteiger partial charge in [0.2, 0.25) is 11.8 Å². The van der Waals surface area contributed by atoms with Crippen LogP contribution in [-0.4, -0.2) is 63.9 Å². The molecule has 4 unspecified atom stereocenters. The zero-order valence-corrected chi connectivity index (χ0v) is 24.3. The zero-order valence-electron chi connectivity index (χ0n) is 24.3. The van der Waals surface area contributed by atoms with Crippen LogP contribution in [-0.2, 0) is 11.2 Å². The summed E-state index contributed by atoms with van der Waals surface area (Å²) >= 11 is 0. The van der Waals surface area contributed by atoms with Gasteiger partial charge in [-0.05, 0) is 49.2 Å². The van der Waals surface area contributed by atoms with E-state index < -0.39 is 42.5 Å². The van der Waals surface area contributed by atoms with Crippen molar-refractivity contribution in [2.24, 2.45) is 5.92 Å². The summed E-state index contributed by atoms with van der Waals surface area (Å²) in [5, 5.41) is 8.92. The summed E-state index contributed by atoms with van der Waals surface area (Å²) in [6, 6.07) is 14.5. The number of hydrogen-bond donors (Lipinski definition) is 4. The molecule has 8 rings (SSSR count). The Morgan fingerprint density at radius 3 is 2.69 bits per heavy atom. The standard InChI is InChI=1S/C33H32F2N8O2/c34-33(35)12-9-25(40-31(44)19-5-7-20(8-6-19)43-16-11-26(41-43)27-18-38-27)23(17-33)32(45)42-15-10-22-28(30-36-13-14-37-30)39-24-4-2-1-3-21(24)29(22)42/h1-8,11,13-14,16,23,25-27,38,41H,9-10,12,15,17-18H2,(H,36,37)(H,40,44). The highest BCUT2D eigenvalue weighted by atomic mass is 19.3. The molecule has 12 heteroatoms. The monoisotopic (exact) mass is 610 g/mol. The number of H-pyrrole nitrogens is 1. The number of rotatable bonds is 6. The van der Waals surface area contributed by atoms with E-state index in [1.54, 1.807) is 29.4 Å². The molecule has 2 aromatic carbocycles. The van der Waals surface area contributed by atoms with E-state index in [2.05, 4.69) is 32.1 Å². The van der Waals surface area contributed by atoms with Gasteiger partial charge in [0.25, 0.3) is 5.91 Å². The lowest BCUT2D eigenvalue weighted by molar-refractivity contribution is -0.131. The van der Waals surface area contributed by atoms with Crippen molar-refractivity contribution in [3.63, 3.8) is 0 Å². The number of halogens is 2. The molecule has 4 aliphatic rings. The van der Waals surface area contributed by atoms with E-state index in [-0.39, 0.29) is 12.5 Å². The first-order valence-electron chi connectivity index (χ1n) is 15.3. The molecule has 1 aliphatic carbocycles. The number of imidazole rings is 1. The number of carbonyl (C=O) groups is 2. The molecule has 45 heavy (non-hydrogen) atoms. The number of para-hydroxylation sites is 1. The Bertz CT molecular complexity index is 1810. The second-order valence-corrected chi connectivity index (χ2v) is 12.2. The van der Waals surface area contributed by atoms with Crippen LogP contribution in [0.2, 0.25) is 0 Å². The predicted molar refractivity (Wildman–Crippen MR) is 166 cm³/mol. The van der Waals surface area contributed by atoms with E-state index >= 15 is 0 Å². The van der Waals surface area contributed by atoms with Crippen LogP contribution in [0.3, 0.4) is 0 Å². The van der Waals surface area contributed by atoms with Crippen molar-refractivity contribution in [3.05, 3.63) is 84.3 Å². The van der Waals surface area contributed by atoms with Gasteiger partial charge in [0.1, 0.15) is 5.69 Å².